The van der Waals surface area contributed by atoms with Gasteiger partial charge in [0, 0.05) is 23.6 Å². The van der Waals surface area contributed by atoms with E-state index in [4.69, 9.17) is 0 Å². The van der Waals surface area contributed by atoms with Gasteiger partial charge in [0.15, 0.2) is 0 Å². The summed E-state index contributed by atoms with van der Waals surface area (Å²) in [4.78, 5) is 11.0. The molecule has 0 bridgehead atoms. The molecule has 0 fully saturated rings. The zero-order chi connectivity index (χ0) is 10.7. The van der Waals surface area contributed by atoms with Crippen LogP contribution in [-0.2, 0) is 16.1 Å². The van der Waals surface area contributed by atoms with Gasteiger partial charge in [0.05, 0.1) is 13.5 Å². The van der Waals surface area contributed by atoms with Gasteiger partial charge in [-0.25, -0.2) is 0 Å². The smallest absolute Gasteiger partial charge is 0.307 e. The lowest BCUT2D eigenvalue weighted by Gasteiger charge is -2.03. The van der Waals surface area contributed by atoms with Crippen LogP contribution in [0.2, 0.25) is 0 Å². The number of fused-ring (bicyclic) bond motifs is 1. The number of carbonyl (C=O) groups excluding carboxylic acids is 1. The van der Waals surface area contributed by atoms with Crippen LogP contribution in [0.1, 0.15) is 6.42 Å². The summed E-state index contributed by atoms with van der Waals surface area (Å²) in [5.74, 6) is -0.181. The first-order valence-electron chi connectivity index (χ1n) is 4.83. The van der Waals surface area contributed by atoms with E-state index >= 15 is 0 Å². The third-order valence-corrected chi connectivity index (χ3v) is 2.40. The molecular weight excluding hydrogens is 190 g/mol. The van der Waals surface area contributed by atoms with Crippen molar-refractivity contribution < 1.29 is 9.53 Å². The van der Waals surface area contributed by atoms with E-state index in [1.54, 1.807) is 0 Å². The van der Waals surface area contributed by atoms with Crippen LogP contribution in [0.4, 0.5) is 0 Å². The summed E-state index contributed by atoms with van der Waals surface area (Å²) in [6.07, 6.45) is 2.38. The lowest BCUT2D eigenvalue weighted by atomic mass is 10.2. The van der Waals surface area contributed by atoms with Crippen molar-refractivity contribution in [2.24, 2.45) is 0 Å². The van der Waals surface area contributed by atoms with E-state index in [2.05, 4.69) is 10.8 Å². The highest BCUT2D eigenvalue weighted by Gasteiger charge is 2.03. The Hall–Kier alpha value is -1.77. The number of esters is 1. The van der Waals surface area contributed by atoms with Gasteiger partial charge in [-0.1, -0.05) is 6.07 Å². The second-order valence-corrected chi connectivity index (χ2v) is 3.32. The molecule has 2 aromatic rings. The lowest BCUT2D eigenvalue weighted by molar-refractivity contribution is -0.140. The number of carbonyl (C=O) groups is 1. The Morgan fingerprint density at radius 3 is 3.20 bits per heavy atom. The van der Waals surface area contributed by atoms with E-state index in [-0.39, 0.29) is 5.97 Å². The molecule has 77 valence electrons. The molecule has 0 aliphatic rings. The zero-order valence-electron chi connectivity index (χ0n) is 8.56. The molecule has 3 heteroatoms. The summed E-state index contributed by atoms with van der Waals surface area (Å²) >= 11 is 0. The summed E-state index contributed by atoms with van der Waals surface area (Å²) < 4.78 is 6.64. The van der Waals surface area contributed by atoms with Gasteiger partial charge in [0.1, 0.15) is 0 Å². The predicted octanol–water partition coefficient (Wildman–Crippen LogP) is 2.00. The van der Waals surface area contributed by atoms with Crippen LogP contribution >= 0.6 is 0 Å². The van der Waals surface area contributed by atoms with Gasteiger partial charge >= 0.3 is 5.97 Å². The summed E-state index contributed by atoms with van der Waals surface area (Å²) in [5.41, 5.74) is 1.12. The number of methoxy groups -OCH3 is 1. The number of hydrogen-bond donors (Lipinski definition) is 0. The number of benzene rings is 1. The molecule has 15 heavy (non-hydrogen) atoms. The van der Waals surface area contributed by atoms with E-state index in [9.17, 15) is 4.79 Å². The largest absolute Gasteiger partial charge is 0.469 e. The molecule has 1 radical (unpaired) electrons. The van der Waals surface area contributed by atoms with Gasteiger partial charge in [-0.15, -0.1) is 0 Å². The van der Waals surface area contributed by atoms with E-state index in [0.29, 0.717) is 13.0 Å². The topological polar surface area (TPSA) is 31.2 Å². The van der Waals surface area contributed by atoms with E-state index in [0.717, 1.165) is 10.9 Å². The first kappa shape index (κ1) is 9.77. The molecule has 0 amide bonds. The number of ether oxygens (including phenoxy) is 1. The predicted molar refractivity (Wildman–Crippen MR) is 57.4 cm³/mol. The second-order valence-electron chi connectivity index (χ2n) is 3.32. The highest BCUT2D eigenvalue weighted by Crippen LogP contribution is 2.14. The summed E-state index contributed by atoms with van der Waals surface area (Å²) in [6.45, 7) is 0.653. The monoisotopic (exact) mass is 202 g/mol. The molecular formula is C12H12NO2. The first-order chi connectivity index (χ1) is 7.31. The molecule has 1 aromatic heterocycles. The molecule has 0 unspecified atom stereocenters. The van der Waals surface area contributed by atoms with Crippen molar-refractivity contribution in [2.45, 2.75) is 13.0 Å². The standard InChI is InChI=1S/C12H12NO2/c1-15-12(14)7-9-13-8-6-10-4-2-3-5-11(10)13/h3-6,8H,7,9H2,1H3. The zero-order valence-corrected chi connectivity index (χ0v) is 8.56. The van der Waals surface area contributed by atoms with Crippen molar-refractivity contribution in [1.82, 2.24) is 4.57 Å². The average Bonchev–Trinajstić information content (AvgIpc) is 2.69. The highest BCUT2D eigenvalue weighted by atomic mass is 16.5. The third kappa shape index (κ3) is 2.01. The van der Waals surface area contributed by atoms with Crippen LogP contribution in [-0.4, -0.2) is 17.6 Å². The van der Waals surface area contributed by atoms with E-state index < -0.39 is 0 Å². The Balaban J connectivity index is 2.18. The maximum atomic E-state index is 11.0. The first-order valence-corrected chi connectivity index (χ1v) is 4.83. The maximum Gasteiger partial charge on any atom is 0.307 e. The van der Waals surface area contributed by atoms with Crippen LogP contribution in [0.5, 0.6) is 0 Å². The number of nitrogens with zero attached hydrogens (tertiary/aromatic N) is 1. The molecule has 2 rings (SSSR count). The Morgan fingerprint density at radius 2 is 2.40 bits per heavy atom. The van der Waals surface area contributed by atoms with Gasteiger partial charge in [-0.05, 0) is 24.3 Å². The Morgan fingerprint density at radius 1 is 1.53 bits per heavy atom. The minimum atomic E-state index is -0.181. The van der Waals surface area contributed by atoms with Gasteiger partial charge in [0.25, 0.3) is 0 Å². The van der Waals surface area contributed by atoms with Gasteiger partial charge in [-0.3, -0.25) is 4.79 Å². The second kappa shape index (κ2) is 4.17. The molecule has 0 saturated carbocycles. The number of hydrogen-bond acceptors (Lipinski definition) is 2. The molecule has 3 nitrogen and oxygen atoms in total. The van der Waals surface area contributed by atoms with Crippen molar-refractivity contribution in [3.8, 4) is 0 Å². The van der Waals surface area contributed by atoms with Crippen molar-refractivity contribution in [1.29, 1.82) is 0 Å². The molecule has 0 saturated heterocycles. The third-order valence-electron chi connectivity index (χ3n) is 2.40. The van der Waals surface area contributed by atoms with Crippen molar-refractivity contribution in [3.05, 3.63) is 36.5 Å². The molecule has 0 aliphatic heterocycles. The van der Waals surface area contributed by atoms with Crippen LogP contribution in [0.3, 0.4) is 0 Å². The van der Waals surface area contributed by atoms with Crippen LogP contribution < -0.4 is 0 Å². The Bertz CT molecular complexity index is 473. The Labute approximate surface area is 88.3 Å². The molecule has 0 aliphatic carbocycles. The fourth-order valence-electron chi connectivity index (χ4n) is 1.59. The molecule has 0 atom stereocenters. The molecule has 0 N–H and O–H groups in total. The van der Waals surface area contributed by atoms with Crippen LogP contribution in [0.25, 0.3) is 10.9 Å². The fourth-order valence-corrected chi connectivity index (χ4v) is 1.59. The average molecular weight is 202 g/mol. The molecule has 1 aromatic carbocycles. The lowest BCUT2D eigenvalue weighted by Crippen LogP contribution is -2.05. The fraction of sp³-hybridized carbons (Fsp3) is 0.250. The van der Waals surface area contributed by atoms with Gasteiger partial charge < -0.3 is 9.30 Å². The van der Waals surface area contributed by atoms with E-state index in [1.807, 2.05) is 35.0 Å². The Kier molecular flexibility index (Phi) is 2.72. The SMILES string of the molecule is COC(=O)CCn1ccc2c[c]ccc21. The molecule has 1 heterocycles. The normalized spacial score (nSPS) is 10.5. The van der Waals surface area contributed by atoms with Crippen LogP contribution in [0, 0.1) is 6.07 Å². The van der Waals surface area contributed by atoms with Gasteiger partial charge in [-0.2, -0.15) is 0 Å². The van der Waals surface area contributed by atoms with Crippen LogP contribution in [0.15, 0.2) is 30.5 Å². The quantitative estimate of drug-likeness (QED) is 0.713. The van der Waals surface area contributed by atoms with Crippen molar-refractivity contribution in [2.75, 3.05) is 7.11 Å². The molecule has 0 spiro atoms. The number of aryl methyl sites for hydroxylation is 1. The highest BCUT2D eigenvalue weighted by molar-refractivity contribution is 5.80. The minimum Gasteiger partial charge on any atom is -0.469 e. The maximum absolute atomic E-state index is 11.0. The van der Waals surface area contributed by atoms with Crippen molar-refractivity contribution in [3.63, 3.8) is 0 Å². The number of aromatic nitrogens is 1. The van der Waals surface area contributed by atoms with Gasteiger partial charge in [0.2, 0.25) is 0 Å². The summed E-state index contributed by atoms with van der Waals surface area (Å²) in [7, 11) is 1.41. The summed E-state index contributed by atoms with van der Waals surface area (Å²) in [5, 5.41) is 1.14. The minimum absolute atomic E-state index is 0.181. The summed E-state index contributed by atoms with van der Waals surface area (Å²) in [6, 6.07) is 10.8. The van der Waals surface area contributed by atoms with E-state index in [1.165, 1.54) is 7.11 Å². The van der Waals surface area contributed by atoms with Crippen molar-refractivity contribution >= 4 is 16.9 Å². The number of rotatable bonds is 3.